The number of nitrogens with two attached hydrogens (primary N) is 1. The predicted molar refractivity (Wildman–Crippen MR) is 77.0 cm³/mol. The lowest BCUT2D eigenvalue weighted by Gasteiger charge is -2.09. The van der Waals surface area contributed by atoms with Crippen LogP contribution in [0.4, 0.5) is 0 Å². The van der Waals surface area contributed by atoms with Gasteiger partial charge < -0.3 is 10.5 Å². The lowest BCUT2D eigenvalue weighted by molar-refractivity contribution is 0.304. The van der Waals surface area contributed by atoms with E-state index in [0.29, 0.717) is 0 Å². The number of hydrogen-bond donors (Lipinski definition) is 2. The van der Waals surface area contributed by atoms with Crippen LogP contribution in [-0.4, -0.2) is 18.4 Å². The van der Waals surface area contributed by atoms with E-state index in [-0.39, 0.29) is 6.04 Å². The van der Waals surface area contributed by atoms with Gasteiger partial charge in [0.05, 0.1) is 6.61 Å². The first-order valence-corrected chi connectivity index (χ1v) is 6.97. The van der Waals surface area contributed by atoms with Crippen molar-refractivity contribution >= 4 is 12.6 Å². The van der Waals surface area contributed by atoms with Gasteiger partial charge in [0.2, 0.25) is 0 Å². The Labute approximate surface area is 110 Å². The summed E-state index contributed by atoms with van der Waals surface area (Å²) < 4.78 is 5.66. The van der Waals surface area contributed by atoms with E-state index in [9.17, 15) is 0 Å². The Morgan fingerprint density at radius 1 is 1.24 bits per heavy atom. The summed E-state index contributed by atoms with van der Waals surface area (Å²) in [6, 6.07) is 8.54. The van der Waals surface area contributed by atoms with Crippen LogP contribution in [0.1, 0.15) is 31.7 Å². The second-order valence-corrected chi connectivity index (χ2v) is 4.65. The Kier molecular flexibility index (Phi) is 7.13. The molecule has 96 valence electrons. The molecule has 0 radical (unpaired) electrons. The molecule has 0 aromatic heterocycles. The van der Waals surface area contributed by atoms with E-state index in [1.54, 1.807) is 0 Å². The number of aryl methyl sites for hydroxylation is 1. The molecule has 1 rings (SSSR count). The minimum atomic E-state index is 0.224. The highest BCUT2D eigenvalue weighted by molar-refractivity contribution is 7.80. The highest BCUT2D eigenvalue weighted by Crippen LogP contribution is 2.13. The summed E-state index contributed by atoms with van der Waals surface area (Å²) in [7, 11) is 0. The Morgan fingerprint density at radius 3 is 2.53 bits per heavy atom. The highest BCUT2D eigenvalue weighted by Gasteiger charge is 1.99. The molecular weight excluding hydrogens is 230 g/mol. The molecule has 0 fully saturated rings. The van der Waals surface area contributed by atoms with E-state index in [2.05, 4.69) is 31.7 Å². The van der Waals surface area contributed by atoms with Crippen LogP contribution in [0.15, 0.2) is 24.3 Å². The van der Waals surface area contributed by atoms with Crippen molar-refractivity contribution in [3.63, 3.8) is 0 Å². The van der Waals surface area contributed by atoms with Gasteiger partial charge in [0.25, 0.3) is 0 Å². The third-order valence-corrected chi connectivity index (χ3v) is 3.27. The van der Waals surface area contributed by atoms with Crippen LogP contribution in [0.25, 0.3) is 0 Å². The van der Waals surface area contributed by atoms with E-state index < -0.39 is 0 Å². The fourth-order valence-corrected chi connectivity index (χ4v) is 1.79. The smallest absolute Gasteiger partial charge is 0.119 e. The van der Waals surface area contributed by atoms with Gasteiger partial charge in [-0.3, -0.25) is 0 Å². The molecule has 0 aliphatic rings. The van der Waals surface area contributed by atoms with Crippen molar-refractivity contribution in [3.8, 4) is 5.75 Å². The van der Waals surface area contributed by atoms with E-state index in [0.717, 1.165) is 43.8 Å². The maximum Gasteiger partial charge on any atom is 0.119 e. The summed E-state index contributed by atoms with van der Waals surface area (Å²) in [5, 5.41) is 0. The van der Waals surface area contributed by atoms with Crippen LogP contribution in [-0.2, 0) is 6.42 Å². The van der Waals surface area contributed by atoms with E-state index in [1.807, 2.05) is 12.1 Å². The van der Waals surface area contributed by atoms with Crippen LogP contribution in [0.5, 0.6) is 5.75 Å². The standard InChI is InChI=1S/C14H23NOS/c1-2-12-6-8-14(9-7-12)16-10-4-3-5-13(15)11-17/h6-9,13,17H,2-5,10-11,15H2,1H3/t13-/m1/s1. The molecule has 1 aromatic rings. The summed E-state index contributed by atoms with van der Waals surface area (Å²) in [5.41, 5.74) is 7.13. The van der Waals surface area contributed by atoms with Crippen LogP contribution in [0.2, 0.25) is 0 Å². The van der Waals surface area contributed by atoms with Crippen LogP contribution < -0.4 is 10.5 Å². The zero-order valence-electron chi connectivity index (χ0n) is 10.6. The molecule has 0 amide bonds. The average molecular weight is 253 g/mol. The molecule has 17 heavy (non-hydrogen) atoms. The van der Waals surface area contributed by atoms with Crippen molar-refractivity contribution in [2.45, 2.75) is 38.6 Å². The van der Waals surface area contributed by atoms with Gasteiger partial charge in [0.1, 0.15) is 5.75 Å². The second kappa shape index (κ2) is 8.43. The van der Waals surface area contributed by atoms with Crippen LogP contribution in [0.3, 0.4) is 0 Å². The lowest BCUT2D eigenvalue weighted by Crippen LogP contribution is -2.21. The van der Waals surface area contributed by atoms with Gasteiger partial charge in [-0.1, -0.05) is 19.1 Å². The molecule has 1 atom stereocenters. The van der Waals surface area contributed by atoms with Crippen molar-refractivity contribution in [3.05, 3.63) is 29.8 Å². The monoisotopic (exact) mass is 253 g/mol. The Morgan fingerprint density at radius 2 is 1.94 bits per heavy atom. The second-order valence-electron chi connectivity index (χ2n) is 4.28. The van der Waals surface area contributed by atoms with Crippen LogP contribution in [0, 0.1) is 0 Å². The molecule has 0 aliphatic carbocycles. The van der Waals surface area contributed by atoms with Crippen molar-refractivity contribution in [2.75, 3.05) is 12.4 Å². The molecule has 0 saturated heterocycles. The van der Waals surface area contributed by atoms with Crippen molar-refractivity contribution in [1.29, 1.82) is 0 Å². The first-order valence-electron chi connectivity index (χ1n) is 6.34. The fraction of sp³-hybridized carbons (Fsp3) is 0.571. The molecule has 0 spiro atoms. The summed E-state index contributed by atoms with van der Waals surface area (Å²) in [5.74, 6) is 1.72. The molecule has 0 aliphatic heterocycles. The Hall–Kier alpha value is -0.670. The number of rotatable bonds is 8. The first kappa shape index (κ1) is 14.4. The van der Waals surface area contributed by atoms with E-state index in [1.165, 1.54) is 5.56 Å². The van der Waals surface area contributed by atoms with Gasteiger partial charge in [-0.15, -0.1) is 0 Å². The predicted octanol–water partition coefficient (Wildman–Crippen LogP) is 3.06. The number of ether oxygens (including phenoxy) is 1. The topological polar surface area (TPSA) is 35.2 Å². The average Bonchev–Trinajstić information content (AvgIpc) is 2.38. The van der Waals surface area contributed by atoms with Crippen molar-refractivity contribution in [1.82, 2.24) is 0 Å². The minimum Gasteiger partial charge on any atom is -0.494 e. The lowest BCUT2D eigenvalue weighted by atomic mass is 10.1. The summed E-state index contributed by atoms with van der Waals surface area (Å²) >= 11 is 4.16. The molecule has 0 bridgehead atoms. The molecule has 2 nitrogen and oxygen atoms in total. The third-order valence-electron chi connectivity index (χ3n) is 2.80. The highest BCUT2D eigenvalue weighted by atomic mass is 32.1. The summed E-state index contributed by atoms with van der Waals surface area (Å²) in [6.07, 6.45) is 4.26. The summed E-state index contributed by atoms with van der Waals surface area (Å²) in [4.78, 5) is 0. The molecule has 3 heteroatoms. The molecule has 2 N–H and O–H groups in total. The zero-order chi connectivity index (χ0) is 12.5. The van der Waals surface area contributed by atoms with Crippen molar-refractivity contribution in [2.24, 2.45) is 5.73 Å². The number of thiol groups is 1. The quantitative estimate of drug-likeness (QED) is 0.552. The maximum atomic E-state index is 5.78. The van der Waals surface area contributed by atoms with Gasteiger partial charge >= 0.3 is 0 Å². The van der Waals surface area contributed by atoms with Gasteiger partial charge in [0, 0.05) is 11.8 Å². The Balaban J connectivity index is 2.13. The first-order chi connectivity index (χ1) is 8.26. The molecule has 0 unspecified atom stereocenters. The molecule has 1 aromatic carbocycles. The molecular formula is C14H23NOS. The Bertz CT molecular complexity index is 300. The molecule has 0 heterocycles. The third kappa shape index (κ3) is 5.99. The summed E-state index contributed by atoms with van der Waals surface area (Å²) in [6.45, 7) is 2.92. The van der Waals surface area contributed by atoms with Crippen molar-refractivity contribution < 1.29 is 4.74 Å². The van der Waals surface area contributed by atoms with E-state index in [4.69, 9.17) is 10.5 Å². The maximum absolute atomic E-state index is 5.78. The normalized spacial score (nSPS) is 12.4. The largest absolute Gasteiger partial charge is 0.494 e. The SMILES string of the molecule is CCc1ccc(OCCCC[C@@H](N)CS)cc1. The van der Waals surface area contributed by atoms with Gasteiger partial charge in [-0.05, 0) is 43.4 Å². The van der Waals surface area contributed by atoms with Gasteiger partial charge in [-0.25, -0.2) is 0 Å². The fourth-order valence-electron chi connectivity index (χ4n) is 1.61. The zero-order valence-corrected chi connectivity index (χ0v) is 11.5. The number of benzene rings is 1. The van der Waals surface area contributed by atoms with Gasteiger partial charge in [-0.2, -0.15) is 12.6 Å². The molecule has 0 saturated carbocycles. The number of hydrogen-bond acceptors (Lipinski definition) is 3. The van der Waals surface area contributed by atoms with E-state index >= 15 is 0 Å². The van der Waals surface area contributed by atoms with Crippen LogP contribution >= 0.6 is 12.6 Å². The number of unbranched alkanes of at least 4 members (excludes halogenated alkanes) is 1. The minimum absolute atomic E-state index is 0.224. The van der Waals surface area contributed by atoms with Gasteiger partial charge in [0.15, 0.2) is 0 Å².